The van der Waals surface area contributed by atoms with Crippen molar-refractivity contribution in [1.82, 2.24) is 16.0 Å². The fraction of sp³-hybridized carbons (Fsp3) is 0.429. The zero-order chi connectivity index (χ0) is 26.8. The van der Waals surface area contributed by atoms with Gasteiger partial charge < -0.3 is 25.5 Å². The quantitative estimate of drug-likeness (QED) is 0.361. The van der Waals surface area contributed by atoms with Crippen LogP contribution < -0.4 is 16.0 Å². The summed E-state index contributed by atoms with van der Waals surface area (Å²) in [6, 6.07) is 14.9. The summed E-state index contributed by atoms with van der Waals surface area (Å²) >= 11 is 6.14. The number of alkyl carbamates (subject to hydrolysis) is 1. The van der Waals surface area contributed by atoms with E-state index in [1.807, 2.05) is 62.4 Å². The van der Waals surface area contributed by atoms with Gasteiger partial charge in [0.15, 0.2) is 0 Å². The van der Waals surface area contributed by atoms with E-state index >= 15 is 0 Å². The standard InChI is InChI=1S/C28H34ClN3O5/c1-18(2)13-24(27(35)31-23(17-33)16-21-11-12-30-26(21)34)32-28(36)37-25(20-8-4-3-5-9-20)15-19-7-6-10-22(29)14-19/h3-10,14,17-18,21,23-25H,11-13,15-16H2,1-2H3,(H,30,34)(H,31,35)(H,32,36)/t21-,23?,24?,25?/m0/s1. The molecule has 3 amide bonds. The average Bonchev–Trinajstić information content (AvgIpc) is 3.27. The summed E-state index contributed by atoms with van der Waals surface area (Å²) in [6.07, 6.45) is 0.865. The third-order valence-electron chi connectivity index (χ3n) is 6.24. The number of rotatable bonds is 12. The molecule has 3 unspecified atom stereocenters. The highest BCUT2D eigenvalue weighted by Crippen LogP contribution is 2.24. The number of halogens is 1. The van der Waals surface area contributed by atoms with E-state index in [1.165, 1.54) is 0 Å². The highest BCUT2D eigenvalue weighted by Gasteiger charge is 2.30. The molecule has 0 radical (unpaired) electrons. The van der Waals surface area contributed by atoms with E-state index < -0.39 is 30.2 Å². The van der Waals surface area contributed by atoms with Crippen molar-refractivity contribution in [3.05, 3.63) is 70.7 Å². The molecule has 37 heavy (non-hydrogen) atoms. The number of hydrogen-bond acceptors (Lipinski definition) is 5. The molecule has 3 N–H and O–H groups in total. The van der Waals surface area contributed by atoms with Gasteiger partial charge in [-0.3, -0.25) is 9.59 Å². The van der Waals surface area contributed by atoms with Crippen LogP contribution in [0.1, 0.15) is 50.3 Å². The molecule has 1 heterocycles. The Hall–Kier alpha value is -3.39. The number of hydrogen-bond donors (Lipinski definition) is 3. The Morgan fingerprint density at radius 3 is 2.51 bits per heavy atom. The van der Waals surface area contributed by atoms with Gasteiger partial charge >= 0.3 is 6.09 Å². The van der Waals surface area contributed by atoms with Crippen molar-refractivity contribution in [3.63, 3.8) is 0 Å². The molecule has 0 bridgehead atoms. The van der Waals surface area contributed by atoms with Crippen LogP contribution in [-0.4, -0.2) is 42.8 Å². The van der Waals surface area contributed by atoms with Crippen molar-refractivity contribution >= 4 is 35.8 Å². The molecule has 1 aliphatic rings. The van der Waals surface area contributed by atoms with Crippen molar-refractivity contribution in [2.45, 2.75) is 57.7 Å². The van der Waals surface area contributed by atoms with Crippen molar-refractivity contribution in [3.8, 4) is 0 Å². The highest BCUT2D eigenvalue weighted by molar-refractivity contribution is 6.30. The lowest BCUT2D eigenvalue weighted by Gasteiger charge is -2.24. The first kappa shape index (κ1) is 28.2. The van der Waals surface area contributed by atoms with Crippen LogP contribution in [0.25, 0.3) is 0 Å². The van der Waals surface area contributed by atoms with Gasteiger partial charge in [-0.1, -0.05) is 67.9 Å². The molecule has 9 heteroatoms. The lowest BCUT2D eigenvalue weighted by molar-refractivity contribution is -0.127. The third kappa shape index (κ3) is 8.89. The smallest absolute Gasteiger partial charge is 0.408 e. The van der Waals surface area contributed by atoms with Gasteiger partial charge in [0.1, 0.15) is 18.4 Å². The molecule has 4 atom stereocenters. The van der Waals surface area contributed by atoms with E-state index in [-0.39, 0.29) is 24.2 Å². The van der Waals surface area contributed by atoms with E-state index in [2.05, 4.69) is 16.0 Å². The molecule has 0 saturated carbocycles. The predicted molar refractivity (Wildman–Crippen MR) is 141 cm³/mol. The van der Waals surface area contributed by atoms with Gasteiger partial charge in [-0.2, -0.15) is 0 Å². The minimum Gasteiger partial charge on any atom is -0.441 e. The Morgan fingerprint density at radius 2 is 1.89 bits per heavy atom. The maximum Gasteiger partial charge on any atom is 0.408 e. The van der Waals surface area contributed by atoms with Crippen LogP contribution in [0.5, 0.6) is 0 Å². The SMILES string of the molecule is CC(C)CC(NC(=O)OC(Cc1cccc(Cl)c1)c1ccccc1)C(=O)NC(C=O)C[C@@H]1CCNC1=O. The summed E-state index contributed by atoms with van der Waals surface area (Å²) in [6.45, 7) is 4.42. The van der Waals surface area contributed by atoms with Crippen LogP contribution in [0.3, 0.4) is 0 Å². The van der Waals surface area contributed by atoms with Crippen LogP contribution in [0.15, 0.2) is 54.6 Å². The Bertz CT molecular complexity index is 1080. The van der Waals surface area contributed by atoms with Gasteiger partial charge in [-0.05, 0) is 48.4 Å². The summed E-state index contributed by atoms with van der Waals surface area (Å²) in [4.78, 5) is 49.6. The number of aldehydes is 1. The third-order valence-corrected chi connectivity index (χ3v) is 6.47. The average molecular weight is 528 g/mol. The molecule has 1 fully saturated rings. The largest absolute Gasteiger partial charge is 0.441 e. The van der Waals surface area contributed by atoms with Crippen LogP contribution in [0.4, 0.5) is 4.79 Å². The highest BCUT2D eigenvalue weighted by atomic mass is 35.5. The summed E-state index contributed by atoms with van der Waals surface area (Å²) in [5.41, 5.74) is 1.70. The number of nitrogens with one attached hydrogen (secondary N) is 3. The second-order valence-electron chi connectivity index (χ2n) is 9.73. The summed E-state index contributed by atoms with van der Waals surface area (Å²) in [7, 11) is 0. The van der Waals surface area contributed by atoms with Crippen LogP contribution >= 0.6 is 11.6 Å². The molecular formula is C28H34ClN3O5. The molecule has 8 nitrogen and oxygen atoms in total. The van der Waals surface area contributed by atoms with Crippen molar-refractivity contribution in [2.75, 3.05) is 6.54 Å². The second-order valence-corrected chi connectivity index (χ2v) is 10.2. The van der Waals surface area contributed by atoms with Crippen LogP contribution in [0, 0.1) is 11.8 Å². The van der Waals surface area contributed by atoms with E-state index in [4.69, 9.17) is 16.3 Å². The molecule has 0 aliphatic carbocycles. The minimum atomic E-state index is -0.907. The Kier molecular flexibility index (Phi) is 10.5. The molecule has 1 saturated heterocycles. The summed E-state index contributed by atoms with van der Waals surface area (Å²) in [5, 5.41) is 8.68. The van der Waals surface area contributed by atoms with Gasteiger partial charge in [0.05, 0.1) is 6.04 Å². The van der Waals surface area contributed by atoms with Gasteiger partial charge in [0.2, 0.25) is 11.8 Å². The van der Waals surface area contributed by atoms with Crippen molar-refractivity contribution < 1.29 is 23.9 Å². The minimum absolute atomic E-state index is 0.0859. The zero-order valence-electron chi connectivity index (χ0n) is 21.1. The first-order valence-electron chi connectivity index (χ1n) is 12.5. The summed E-state index contributed by atoms with van der Waals surface area (Å²) in [5.74, 6) is -0.849. The maximum absolute atomic E-state index is 13.1. The molecule has 2 aromatic carbocycles. The Labute approximate surface area is 222 Å². The zero-order valence-corrected chi connectivity index (χ0v) is 21.9. The number of benzene rings is 2. The molecule has 2 aromatic rings. The Morgan fingerprint density at radius 1 is 1.14 bits per heavy atom. The van der Waals surface area contributed by atoms with E-state index in [9.17, 15) is 19.2 Å². The van der Waals surface area contributed by atoms with Gasteiger partial charge in [-0.15, -0.1) is 0 Å². The van der Waals surface area contributed by atoms with E-state index in [0.717, 1.165) is 11.1 Å². The predicted octanol–water partition coefficient (Wildman–Crippen LogP) is 3.97. The normalized spacial score (nSPS) is 17.4. The van der Waals surface area contributed by atoms with Gasteiger partial charge in [0.25, 0.3) is 0 Å². The fourth-order valence-electron chi connectivity index (χ4n) is 4.39. The van der Waals surface area contributed by atoms with E-state index in [1.54, 1.807) is 6.07 Å². The molecular weight excluding hydrogens is 494 g/mol. The second kappa shape index (κ2) is 13.8. The fourth-order valence-corrected chi connectivity index (χ4v) is 4.60. The summed E-state index contributed by atoms with van der Waals surface area (Å²) < 4.78 is 5.80. The van der Waals surface area contributed by atoms with Crippen LogP contribution in [-0.2, 0) is 25.5 Å². The molecule has 198 valence electrons. The molecule has 0 spiro atoms. The number of amides is 3. The monoisotopic (exact) mass is 527 g/mol. The maximum atomic E-state index is 13.1. The van der Waals surface area contributed by atoms with Gasteiger partial charge in [0, 0.05) is 23.9 Å². The lowest BCUT2D eigenvalue weighted by atomic mass is 9.98. The number of ether oxygens (including phenoxy) is 1. The molecule has 3 rings (SSSR count). The van der Waals surface area contributed by atoms with Gasteiger partial charge in [-0.25, -0.2) is 4.79 Å². The lowest BCUT2D eigenvalue weighted by Crippen LogP contribution is -2.51. The van der Waals surface area contributed by atoms with Crippen molar-refractivity contribution in [1.29, 1.82) is 0 Å². The number of carbonyl (C=O) groups is 4. The first-order valence-corrected chi connectivity index (χ1v) is 12.9. The molecule has 1 aliphatic heterocycles. The van der Waals surface area contributed by atoms with E-state index in [0.29, 0.717) is 37.1 Å². The van der Waals surface area contributed by atoms with Crippen molar-refractivity contribution in [2.24, 2.45) is 11.8 Å². The van der Waals surface area contributed by atoms with Crippen LogP contribution in [0.2, 0.25) is 5.02 Å². The number of carbonyl (C=O) groups excluding carboxylic acids is 4. The molecule has 0 aromatic heterocycles. The Balaban J connectivity index is 1.68. The first-order chi connectivity index (χ1) is 17.7. The topological polar surface area (TPSA) is 114 Å².